The first kappa shape index (κ1) is 20.6. The lowest BCUT2D eigenvalue weighted by molar-refractivity contribution is 0.0610. The number of aliphatic hydroxyl groups is 1. The number of hydrogen-bond acceptors (Lipinski definition) is 4. The van der Waals surface area contributed by atoms with E-state index >= 15 is 0 Å². The van der Waals surface area contributed by atoms with Crippen LogP contribution in [-0.2, 0) is 12.8 Å². The highest BCUT2D eigenvalue weighted by Gasteiger charge is 2.39. The van der Waals surface area contributed by atoms with Gasteiger partial charge in [-0.05, 0) is 56.0 Å². The lowest BCUT2D eigenvalue weighted by Gasteiger charge is -2.36. The van der Waals surface area contributed by atoms with Crippen LogP contribution in [0.3, 0.4) is 0 Å². The summed E-state index contributed by atoms with van der Waals surface area (Å²) in [4.78, 5) is 26.0. The number of ether oxygens (including phenoxy) is 1. The number of amides is 1. The van der Waals surface area contributed by atoms with E-state index in [0.29, 0.717) is 17.7 Å². The van der Waals surface area contributed by atoms with E-state index in [1.54, 1.807) is 29.2 Å². The molecule has 0 spiro atoms. The van der Waals surface area contributed by atoms with Gasteiger partial charge in [0.25, 0.3) is 5.91 Å². The molecule has 0 aliphatic heterocycles. The molecule has 2 aromatic carbocycles. The number of hydrogen-bond donors (Lipinski definition) is 1. The molecule has 0 saturated heterocycles. The van der Waals surface area contributed by atoms with Crippen molar-refractivity contribution in [2.45, 2.75) is 32.2 Å². The minimum Gasteiger partial charge on any atom is -0.494 e. The normalized spacial score (nSPS) is 17.4. The highest BCUT2D eigenvalue weighted by Crippen LogP contribution is 2.36. The van der Waals surface area contributed by atoms with E-state index in [1.165, 1.54) is 11.1 Å². The van der Waals surface area contributed by atoms with Crippen LogP contribution in [-0.4, -0.2) is 48.5 Å². The molecule has 5 nitrogen and oxygen atoms in total. The van der Waals surface area contributed by atoms with Crippen molar-refractivity contribution in [1.29, 1.82) is 0 Å². The number of carbonyl (C=O) groups excluding carboxylic acids is 2. The van der Waals surface area contributed by atoms with E-state index < -0.39 is 0 Å². The van der Waals surface area contributed by atoms with Crippen molar-refractivity contribution in [1.82, 2.24) is 4.90 Å². The fourth-order valence-electron chi connectivity index (χ4n) is 3.54. The molecule has 1 unspecified atom stereocenters. The molecule has 0 radical (unpaired) electrons. The Labute approximate surface area is 160 Å². The zero-order chi connectivity index (χ0) is 20.0. The van der Waals surface area contributed by atoms with Gasteiger partial charge in [0.1, 0.15) is 5.75 Å². The van der Waals surface area contributed by atoms with Gasteiger partial charge >= 0.3 is 0 Å². The van der Waals surface area contributed by atoms with Crippen molar-refractivity contribution in [3.8, 4) is 5.75 Å². The molecule has 144 valence electrons. The van der Waals surface area contributed by atoms with Gasteiger partial charge in [0.05, 0.1) is 12.2 Å². The zero-order valence-corrected chi connectivity index (χ0v) is 16.4. The number of benzene rings is 2. The second-order valence-corrected chi connectivity index (χ2v) is 6.78. The fourth-order valence-corrected chi connectivity index (χ4v) is 3.54. The van der Waals surface area contributed by atoms with Crippen molar-refractivity contribution in [3.63, 3.8) is 0 Å². The first-order chi connectivity index (χ1) is 13.0. The number of aliphatic hydroxyl groups excluding tert-OH is 1. The van der Waals surface area contributed by atoms with Gasteiger partial charge in [-0.3, -0.25) is 9.59 Å². The Bertz CT molecular complexity index is 818. The van der Waals surface area contributed by atoms with Gasteiger partial charge in [-0.1, -0.05) is 24.3 Å². The van der Waals surface area contributed by atoms with Crippen LogP contribution in [0, 0.1) is 0 Å². The highest BCUT2D eigenvalue weighted by atomic mass is 16.5. The summed E-state index contributed by atoms with van der Waals surface area (Å²) in [6, 6.07) is 13.1. The molecule has 1 N–H and O–H groups in total. The van der Waals surface area contributed by atoms with Crippen LogP contribution in [0.5, 0.6) is 5.75 Å². The van der Waals surface area contributed by atoms with Crippen LogP contribution in [0.15, 0.2) is 42.5 Å². The van der Waals surface area contributed by atoms with E-state index in [1.807, 2.05) is 20.0 Å². The molecule has 1 aliphatic carbocycles. The van der Waals surface area contributed by atoms with Crippen LogP contribution in [0.25, 0.3) is 0 Å². The molecule has 1 atom stereocenters. The number of rotatable bonds is 5. The van der Waals surface area contributed by atoms with Gasteiger partial charge in [0, 0.05) is 25.3 Å². The Kier molecular flexibility index (Phi) is 6.75. The first-order valence-electron chi connectivity index (χ1n) is 9.00. The molecule has 27 heavy (non-hydrogen) atoms. The summed E-state index contributed by atoms with van der Waals surface area (Å²) >= 11 is 0. The van der Waals surface area contributed by atoms with Crippen molar-refractivity contribution in [2.75, 3.05) is 20.8 Å². The van der Waals surface area contributed by atoms with Crippen molar-refractivity contribution in [3.05, 3.63) is 64.7 Å². The van der Waals surface area contributed by atoms with Gasteiger partial charge in [0.2, 0.25) is 0 Å². The largest absolute Gasteiger partial charge is 0.494 e. The predicted octanol–water partition coefficient (Wildman–Crippen LogP) is 3.14. The Hall–Kier alpha value is -2.66. The van der Waals surface area contributed by atoms with E-state index in [0.717, 1.165) is 32.0 Å². The fraction of sp³-hybridized carbons (Fsp3) is 0.364. The number of carbonyl (C=O) groups is 2. The molecule has 1 amide bonds. The Morgan fingerprint density at radius 1 is 1.19 bits per heavy atom. The third kappa shape index (κ3) is 4.19. The van der Waals surface area contributed by atoms with E-state index in [-0.39, 0.29) is 11.4 Å². The van der Waals surface area contributed by atoms with Gasteiger partial charge < -0.3 is 14.7 Å². The second-order valence-electron chi connectivity index (χ2n) is 6.78. The summed E-state index contributed by atoms with van der Waals surface area (Å²) < 4.78 is 5.59. The monoisotopic (exact) mass is 369 g/mol. The van der Waals surface area contributed by atoms with Crippen LogP contribution in [0.1, 0.15) is 45.7 Å². The molecule has 3 rings (SSSR count). The van der Waals surface area contributed by atoms with E-state index in [4.69, 9.17) is 9.84 Å². The summed E-state index contributed by atoms with van der Waals surface area (Å²) in [7, 11) is 2.82. The topological polar surface area (TPSA) is 66.8 Å². The molecular formula is C22H27NO4. The highest BCUT2D eigenvalue weighted by molar-refractivity contribution is 6.01. The van der Waals surface area contributed by atoms with E-state index in [9.17, 15) is 9.59 Å². The van der Waals surface area contributed by atoms with Crippen LogP contribution >= 0.6 is 0 Å². The van der Waals surface area contributed by atoms with Gasteiger partial charge in [-0.15, -0.1) is 0 Å². The van der Waals surface area contributed by atoms with Crippen LogP contribution in [0.4, 0.5) is 0 Å². The SMILES string of the molecule is CCOc1ccc2c(c1)CC(C)(N(C)C(=O)c1ccccc1C=O)C2.CO. The lowest BCUT2D eigenvalue weighted by atomic mass is 9.95. The standard InChI is InChI=1S/C21H23NO3.CH4O/c1-4-25-18-10-9-15-12-21(2,13-17(15)11-18)22(3)20(24)19-8-6-5-7-16(19)14-23;1-2/h5-11,14H,4,12-13H2,1-3H3;2H,1H3. The molecule has 2 aromatic rings. The molecule has 0 aromatic heterocycles. The minimum atomic E-state index is -0.319. The summed E-state index contributed by atoms with van der Waals surface area (Å²) in [5.41, 5.74) is 3.02. The number of nitrogens with zero attached hydrogens (tertiary/aromatic N) is 1. The maximum atomic E-state index is 13.0. The summed E-state index contributed by atoms with van der Waals surface area (Å²) in [6.07, 6.45) is 2.30. The molecule has 5 heteroatoms. The summed E-state index contributed by atoms with van der Waals surface area (Å²) in [5.74, 6) is 0.744. The van der Waals surface area contributed by atoms with Crippen molar-refractivity contribution >= 4 is 12.2 Å². The molecular weight excluding hydrogens is 342 g/mol. The third-order valence-corrected chi connectivity index (χ3v) is 5.06. The van der Waals surface area contributed by atoms with Gasteiger partial charge in [-0.2, -0.15) is 0 Å². The van der Waals surface area contributed by atoms with Gasteiger partial charge in [0.15, 0.2) is 6.29 Å². The average molecular weight is 369 g/mol. The zero-order valence-electron chi connectivity index (χ0n) is 16.4. The average Bonchev–Trinajstić information content (AvgIpc) is 3.05. The maximum Gasteiger partial charge on any atom is 0.254 e. The quantitative estimate of drug-likeness (QED) is 0.823. The van der Waals surface area contributed by atoms with Crippen molar-refractivity contribution < 1.29 is 19.4 Å². The van der Waals surface area contributed by atoms with Crippen molar-refractivity contribution in [2.24, 2.45) is 0 Å². The summed E-state index contributed by atoms with van der Waals surface area (Å²) in [5, 5.41) is 7.00. The Balaban J connectivity index is 0.00000126. The Morgan fingerprint density at radius 3 is 2.52 bits per heavy atom. The Morgan fingerprint density at radius 2 is 1.85 bits per heavy atom. The third-order valence-electron chi connectivity index (χ3n) is 5.06. The lowest BCUT2D eigenvalue weighted by Crippen LogP contribution is -2.48. The van der Waals surface area contributed by atoms with Crippen LogP contribution in [0.2, 0.25) is 0 Å². The first-order valence-corrected chi connectivity index (χ1v) is 9.00. The smallest absolute Gasteiger partial charge is 0.254 e. The van der Waals surface area contributed by atoms with Crippen LogP contribution < -0.4 is 4.74 Å². The molecule has 0 heterocycles. The summed E-state index contributed by atoms with van der Waals surface area (Å²) in [6.45, 7) is 4.69. The molecule has 0 fully saturated rings. The second kappa shape index (κ2) is 8.82. The predicted molar refractivity (Wildman–Crippen MR) is 105 cm³/mol. The minimum absolute atomic E-state index is 0.122. The maximum absolute atomic E-state index is 13.0. The van der Waals surface area contributed by atoms with E-state index in [2.05, 4.69) is 19.1 Å². The molecule has 1 aliphatic rings. The molecule has 0 bridgehead atoms. The number of aldehydes is 1. The van der Waals surface area contributed by atoms with Gasteiger partial charge in [-0.25, -0.2) is 0 Å². The number of likely N-dealkylation sites (N-methyl/N-ethyl adjacent to an activating group) is 1. The number of fused-ring (bicyclic) bond motifs is 1. The molecule has 0 saturated carbocycles.